The van der Waals surface area contributed by atoms with Crippen molar-refractivity contribution in [3.63, 3.8) is 0 Å². The number of piperidine rings is 1. The Bertz CT molecular complexity index is 1080. The molecule has 1 aliphatic rings. The van der Waals surface area contributed by atoms with E-state index in [0.717, 1.165) is 24.1 Å². The van der Waals surface area contributed by atoms with Gasteiger partial charge >= 0.3 is 0 Å². The third-order valence-electron chi connectivity index (χ3n) is 5.22. The van der Waals surface area contributed by atoms with Gasteiger partial charge in [0.15, 0.2) is 10.5 Å². The first kappa shape index (κ1) is 17.9. The first-order valence-corrected chi connectivity index (χ1v) is 10.2. The van der Waals surface area contributed by atoms with Crippen molar-refractivity contribution in [1.29, 1.82) is 0 Å². The molecule has 0 atom stereocenters. The van der Waals surface area contributed by atoms with E-state index in [4.69, 9.17) is 4.74 Å². The Morgan fingerprint density at radius 1 is 1.22 bits per heavy atom. The van der Waals surface area contributed by atoms with Crippen molar-refractivity contribution in [1.82, 2.24) is 28.7 Å². The molecule has 144 valence electrons. The highest BCUT2D eigenvalue weighted by molar-refractivity contribution is 7.89. The minimum Gasteiger partial charge on any atom is -0.480 e. The summed E-state index contributed by atoms with van der Waals surface area (Å²) in [5, 5.41) is 8.22. The van der Waals surface area contributed by atoms with Gasteiger partial charge in [-0.1, -0.05) is 0 Å². The lowest BCUT2D eigenvalue weighted by Gasteiger charge is -2.31. The van der Waals surface area contributed by atoms with Gasteiger partial charge in [-0.15, -0.1) is 0 Å². The van der Waals surface area contributed by atoms with Gasteiger partial charge in [-0.05, 0) is 42.9 Å². The smallest absolute Gasteiger partial charge is 0.250 e. The Morgan fingerprint density at radius 2 is 1.96 bits per heavy atom. The van der Waals surface area contributed by atoms with Crippen LogP contribution in [0.3, 0.4) is 0 Å². The summed E-state index contributed by atoms with van der Waals surface area (Å²) in [4.78, 5) is 4.32. The lowest BCUT2D eigenvalue weighted by molar-refractivity contribution is 0.315. The summed E-state index contributed by atoms with van der Waals surface area (Å²) in [6.45, 7) is 2.98. The van der Waals surface area contributed by atoms with Crippen LogP contribution in [-0.2, 0) is 17.1 Å². The van der Waals surface area contributed by atoms with E-state index in [1.54, 1.807) is 11.6 Å². The third-order valence-corrected chi connectivity index (χ3v) is 7.10. The largest absolute Gasteiger partial charge is 0.480 e. The Morgan fingerprint density at radius 3 is 2.67 bits per heavy atom. The maximum absolute atomic E-state index is 13.0. The van der Waals surface area contributed by atoms with Gasteiger partial charge in [-0.3, -0.25) is 0 Å². The van der Waals surface area contributed by atoms with Crippen LogP contribution in [0.15, 0.2) is 29.7 Å². The van der Waals surface area contributed by atoms with Gasteiger partial charge in [0.2, 0.25) is 15.9 Å². The second-order valence-corrected chi connectivity index (χ2v) is 8.70. The highest BCUT2D eigenvalue weighted by atomic mass is 32.2. The fraction of sp³-hybridized carbons (Fsp3) is 0.471. The molecule has 0 amide bonds. The van der Waals surface area contributed by atoms with Crippen LogP contribution < -0.4 is 4.74 Å². The summed E-state index contributed by atoms with van der Waals surface area (Å²) in [5.41, 5.74) is 3.18. The molecule has 0 aliphatic carbocycles. The topological polar surface area (TPSA) is 94.6 Å². The zero-order chi connectivity index (χ0) is 19.2. The lowest BCUT2D eigenvalue weighted by atomic mass is 9.89. The molecular formula is C17H22N6O3S. The third kappa shape index (κ3) is 2.98. The molecule has 0 N–H and O–H groups in total. The zero-order valence-electron chi connectivity index (χ0n) is 15.5. The van der Waals surface area contributed by atoms with Crippen molar-refractivity contribution in [3.05, 3.63) is 35.9 Å². The van der Waals surface area contributed by atoms with E-state index in [0.29, 0.717) is 19.0 Å². The molecule has 0 aromatic carbocycles. The number of sulfonamides is 1. The maximum Gasteiger partial charge on any atom is 0.250 e. The number of hydrogen-bond donors (Lipinski definition) is 0. The normalized spacial score (nSPS) is 16.9. The molecular weight excluding hydrogens is 368 g/mol. The van der Waals surface area contributed by atoms with Crippen LogP contribution in [0.2, 0.25) is 0 Å². The van der Waals surface area contributed by atoms with Gasteiger partial charge in [-0.25, -0.2) is 22.6 Å². The van der Waals surface area contributed by atoms with Crippen molar-refractivity contribution in [2.24, 2.45) is 7.05 Å². The van der Waals surface area contributed by atoms with E-state index >= 15 is 0 Å². The number of ether oxygens (including phenoxy) is 1. The number of hydrogen-bond acceptors (Lipinski definition) is 6. The van der Waals surface area contributed by atoms with E-state index < -0.39 is 10.0 Å². The molecule has 1 aliphatic heterocycles. The first-order chi connectivity index (χ1) is 12.9. The molecule has 3 aromatic rings. The standard InChI is InChI=1S/C17H22N6O3S/c1-12-8-16-18-11-20-23(16)10-14(12)13-4-6-22(7-5-13)27(24,25)15-9-19-21(2)17(15)26-3/h8-11,13H,4-7H2,1-3H3. The molecule has 1 fully saturated rings. The van der Waals surface area contributed by atoms with Gasteiger partial charge < -0.3 is 4.74 Å². The minimum atomic E-state index is -3.63. The number of rotatable bonds is 4. The van der Waals surface area contributed by atoms with Crippen molar-refractivity contribution < 1.29 is 13.2 Å². The average molecular weight is 390 g/mol. The SMILES string of the molecule is COc1c(S(=O)(=O)N2CCC(c3cn4ncnc4cc3C)CC2)cnn1C. The summed E-state index contributed by atoms with van der Waals surface area (Å²) in [6, 6.07) is 2.02. The Hall–Kier alpha value is -2.46. The van der Waals surface area contributed by atoms with Gasteiger partial charge in [0, 0.05) is 26.3 Å². The molecule has 1 saturated heterocycles. The molecule has 9 nitrogen and oxygen atoms in total. The maximum atomic E-state index is 13.0. The molecule has 4 rings (SSSR count). The number of methoxy groups -OCH3 is 1. The van der Waals surface area contributed by atoms with Crippen LogP contribution >= 0.6 is 0 Å². The zero-order valence-corrected chi connectivity index (χ0v) is 16.3. The van der Waals surface area contributed by atoms with Crippen LogP contribution in [-0.4, -0.2) is 57.3 Å². The van der Waals surface area contributed by atoms with E-state index in [1.807, 2.05) is 12.3 Å². The molecule has 3 aromatic heterocycles. The van der Waals surface area contributed by atoms with Crippen molar-refractivity contribution in [3.8, 4) is 5.88 Å². The monoisotopic (exact) mass is 390 g/mol. The highest BCUT2D eigenvalue weighted by Crippen LogP contribution is 2.34. The second-order valence-electron chi connectivity index (χ2n) is 6.79. The molecule has 0 unspecified atom stereocenters. The lowest BCUT2D eigenvalue weighted by Crippen LogP contribution is -2.38. The molecule has 0 spiro atoms. The van der Waals surface area contributed by atoms with Gasteiger partial charge in [0.05, 0.1) is 13.3 Å². The van der Waals surface area contributed by atoms with Crippen molar-refractivity contribution in [2.75, 3.05) is 20.2 Å². The van der Waals surface area contributed by atoms with E-state index in [-0.39, 0.29) is 10.8 Å². The van der Waals surface area contributed by atoms with Crippen molar-refractivity contribution in [2.45, 2.75) is 30.6 Å². The van der Waals surface area contributed by atoms with Gasteiger partial charge in [0.1, 0.15) is 6.33 Å². The highest BCUT2D eigenvalue weighted by Gasteiger charge is 2.34. The van der Waals surface area contributed by atoms with Gasteiger partial charge in [-0.2, -0.15) is 14.5 Å². The van der Waals surface area contributed by atoms with Crippen LogP contribution in [0.5, 0.6) is 5.88 Å². The molecule has 0 saturated carbocycles. The van der Waals surface area contributed by atoms with E-state index in [1.165, 1.54) is 34.2 Å². The van der Waals surface area contributed by atoms with E-state index in [9.17, 15) is 8.42 Å². The van der Waals surface area contributed by atoms with Crippen LogP contribution in [0.1, 0.15) is 29.9 Å². The fourth-order valence-corrected chi connectivity index (χ4v) is 5.35. The van der Waals surface area contributed by atoms with Crippen LogP contribution in [0, 0.1) is 6.92 Å². The molecule has 0 radical (unpaired) electrons. The summed E-state index contributed by atoms with van der Waals surface area (Å²) in [7, 11) is -0.518. The first-order valence-electron chi connectivity index (χ1n) is 8.78. The summed E-state index contributed by atoms with van der Waals surface area (Å²) in [6.07, 6.45) is 6.40. The van der Waals surface area contributed by atoms with Crippen LogP contribution in [0.4, 0.5) is 0 Å². The Kier molecular flexibility index (Phi) is 4.39. The molecule has 0 bridgehead atoms. The van der Waals surface area contributed by atoms with E-state index in [2.05, 4.69) is 22.1 Å². The predicted molar refractivity (Wildman–Crippen MR) is 98.2 cm³/mol. The molecule has 4 heterocycles. The van der Waals surface area contributed by atoms with Crippen LogP contribution in [0.25, 0.3) is 5.65 Å². The summed E-state index contributed by atoms with van der Waals surface area (Å²) < 4.78 is 35.9. The molecule has 10 heteroatoms. The number of nitrogens with zero attached hydrogens (tertiary/aromatic N) is 6. The quantitative estimate of drug-likeness (QED) is 0.667. The summed E-state index contributed by atoms with van der Waals surface area (Å²) >= 11 is 0. The number of pyridine rings is 1. The number of aromatic nitrogens is 5. The number of fused-ring (bicyclic) bond motifs is 1. The van der Waals surface area contributed by atoms with Gasteiger partial charge in [0.25, 0.3) is 0 Å². The molecule has 27 heavy (non-hydrogen) atoms. The predicted octanol–water partition coefficient (Wildman–Crippen LogP) is 1.35. The van der Waals surface area contributed by atoms with Crippen molar-refractivity contribution >= 4 is 15.7 Å². The second kappa shape index (κ2) is 6.61. The number of aryl methyl sites for hydroxylation is 2. The summed E-state index contributed by atoms with van der Waals surface area (Å²) in [5.74, 6) is 0.547. The average Bonchev–Trinajstić information content (AvgIpc) is 3.26. The Labute approximate surface area is 157 Å². The minimum absolute atomic E-state index is 0.117. The fourth-order valence-electron chi connectivity index (χ4n) is 3.76. The Balaban J connectivity index is 1.55.